The van der Waals surface area contributed by atoms with E-state index in [1.165, 1.54) is 0 Å². The Labute approximate surface area is 81.9 Å². The molecule has 0 aromatic heterocycles. The van der Waals surface area contributed by atoms with E-state index < -0.39 is 0 Å². The normalized spacial score (nSPS) is 8.38. The molecule has 3 heteroatoms. The van der Waals surface area contributed by atoms with Gasteiger partial charge in [0.1, 0.15) is 0 Å². The largest absolute Gasteiger partial charge is 0.398 e. The van der Waals surface area contributed by atoms with Gasteiger partial charge in [-0.2, -0.15) is 5.26 Å². The van der Waals surface area contributed by atoms with E-state index in [0.717, 1.165) is 5.56 Å². The van der Waals surface area contributed by atoms with E-state index in [0.29, 0.717) is 16.3 Å². The van der Waals surface area contributed by atoms with Gasteiger partial charge >= 0.3 is 0 Å². The Kier molecular flexibility index (Phi) is 2.80. The third-order valence-electron chi connectivity index (χ3n) is 1.68. The molecule has 0 atom stereocenters. The van der Waals surface area contributed by atoms with Crippen LogP contribution >= 0.6 is 11.6 Å². The Morgan fingerprint density at radius 2 is 2.15 bits per heavy atom. The lowest BCUT2D eigenvalue weighted by molar-refractivity contribution is 1.45. The Hall–Kier alpha value is -1.64. The quantitative estimate of drug-likeness (QED) is 0.503. The zero-order valence-electron chi connectivity index (χ0n) is 7.06. The van der Waals surface area contributed by atoms with Crippen molar-refractivity contribution in [3.05, 3.63) is 28.3 Å². The van der Waals surface area contributed by atoms with Crippen molar-refractivity contribution in [1.29, 1.82) is 5.26 Å². The molecule has 0 bridgehead atoms. The fourth-order valence-corrected chi connectivity index (χ4v) is 1.11. The van der Waals surface area contributed by atoms with Gasteiger partial charge in [-0.1, -0.05) is 11.6 Å². The Balaban J connectivity index is 3.28. The van der Waals surface area contributed by atoms with Crippen molar-refractivity contribution in [1.82, 2.24) is 0 Å². The lowest BCUT2D eigenvalue weighted by Gasteiger charge is -2.03. The predicted molar refractivity (Wildman–Crippen MR) is 53.1 cm³/mol. The summed E-state index contributed by atoms with van der Waals surface area (Å²) in [6.45, 7) is 1.81. The van der Waals surface area contributed by atoms with Gasteiger partial charge in [0.05, 0.1) is 5.02 Å². The van der Waals surface area contributed by atoms with E-state index >= 15 is 0 Å². The first-order valence-electron chi connectivity index (χ1n) is 3.61. The summed E-state index contributed by atoms with van der Waals surface area (Å²) in [6.07, 6.45) is 0. The van der Waals surface area contributed by atoms with Crippen LogP contribution in [-0.2, 0) is 0 Å². The van der Waals surface area contributed by atoms with Crippen LogP contribution in [0.2, 0.25) is 5.02 Å². The van der Waals surface area contributed by atoms with Gasteiger partial charge in [-0.3, -0.25) is 0 Å². The maximum absolute atomic E-state index is 8.25. The van der Waals surface area contributed by atoms with E-state index in [1.54, 1.807) is 18.2 Å². The van der Waals surface area contributed by atoms with Crippen molar-refractivity contribution >= 4 is 17.3 Å². The second kappa shape index (κ2) is 3.85. The predicted octanol–water partition coefficient (Wildman–Crippen LogP) is 2.11. The number of nitrogens with zero attached hydrogens (tertiary/aromatic N) is 1. The highest BCUT2D eigenvalue weighted by molar-refractivity contribution is 6.32. The number of anilines is 1. The number of hydrogen-bond donors (Lipinski definition) is 1. The molecule has 0 saturated carbocycles. The third kappa shape index (κ3) is 1.93. The van der Waals surface area contributed by atoms with Crippen molar-refractivity contribution in [2.24, 2.45) is 0 Å². The molecule has 0 heterocycles. The maximum atomic E-state index is 8.25. The summed E-state index contributed by atoms with van der Waals surface area (Å²) >= 11 is 5.94. The molecule has 0 unspecified atom stereocenters. The summed E-state index contributed by atoms with van der Waals surface area (Å²) < 4.78 is 0. The van der Waals surface area contributed by atoms with E-state index in [-0.39, 0.29) is 0 Å². The minimum absolute atomic E-state index is 0.516. The molecular weight excluding hydrogens is 184 g/mol. The molecule has 0 aliphatic heterocycles. The summed E-state index contributed by atoms with van der Waals surface area (Å²) in [7, 11) is 0. The summed E-state index contributed by atoms with van der Waals surface area (Å²) in [5.74, 6) is 4.91. The molecular formula is C10H7ClN2. The smallest absolute Gasteiger partial charge is 0.152 e. The molecule has 0 spiro atoms. The molecule has 0 amide bonds. The van der Waals surface area contributed by atoms with Crippen LogP contribution in [0.4, 0.5) is 5.69 Å². The van der Waals surface area contributed by atoms with Crippen molar-refractivity contribution < 1.29 is 0 Å². The number of nitrogen functional groups attached to an aromatic ring is 1. The highest BCUT2D eigenvalue weighted by Crippen LogP contribution is 2.24. The van der Waals surface area contributed by atoms with Crippen LogP contribution in [0.25, 0.3) is 0 Å². The third-order valence-corrected chi connectivity index (χ3v) is 2.17. The Bertz CT molecular complexity index is 433. The first-order chi connectivity index (χ1) is 6.16. The molecule has 2 N–H and O–H groups in total. The van der Waals surface area contributed by atoms with Crippen LogP contribution in [-0.4, -0.2) is 0 Å². The van der Waals surface area contributed by atoms with Crippen LogP contribution < -0.4 is 5.73 Å². The number of benzene rings is 1. The zero-order chi connectivity index (χ0) is 9.84. The number of rotatable bonds is 0. The van der Waals surface area contributed by atoms with E-state index in [4.69, 9.17) is 22.6 Å². The molecule has 0 saturated heterocycles. The molecule has 64 valence electrons. The van der Waals surface area contributed by atoms with Crippen molar-refractivity contribution in [3.63, 3.8) is 0 Å². The number of nitrogens with two attached hydrogens (primary N) is 1. The number of hydrogen-bond acceptors (Lipinski definition) is 2. The fourth-order valence-electron chi connectivity index (χ4n) is 0.892. The number of halogens is 1. The van der Waals surface area contributed by atoms with Gasteiger partial charge in [0.15, 0.2) is 6.07 Å². The minimum atomic E-state index is 0.516. The highest BCUT2D eigenvalue weighted by atomic mass is 35.5. The molecule has 1 rings (SSSR count). The molecule has 1 aromatic rings. The number of nitriles is 1. The lowest BCUT2D eigenvalue weighted by Crippen LogP contribution is -1.91. The van der Waals surface area contributed by atoms with Gasteiger partial charge < -0.3 is 5.73 Å². The lowest BCUT2D eigenvalue weighted by atomic mass is 10.1. The van der Waals surface area contributed by atoms with Gasteiger partial charge in [0, 0.05) is 17.2 Å². The van der Waals surface area contributed by atoms with Crippen molar-refractivity contribution in [2.75, 3.05) is 5.73 Å². The molecule has 0 aliphatic rings. The summed E-state index contributed by atoms with van der Waals surface area (Å²) in [4.78, 5) is 0. The Morgan fingerprint density at radius 1 is 1.46 bits per heavy atom. The van der Waals surface area contributed by atoms with E-state index in [2.05, 4.69) is 11.8 Å². The average Bonchev–Trinajstić information content (AvgIpc) is 2.13. The topological polar surface area (TPSA) is 49.8 Å². The monoisotopic (exact) mass is 190 g/mol. The van der Waals surface area contributed by atoms with Crippen LogP contribution in [0.1, 0.15) is 11.1 Å². The molecule has 0 fully saturated rings. The SMILES string of the molecule is Cc1c(N)ccc(C#CC#N)c1Cl. The van der Waals surface area contributed by atoms with Crippen molar-refractivity contribution in [3.8, 4) is 17.9 Å². The standard InChI is InChI=1S/C10H7ClN2/c1-7-9(13)5-4-8(10(7)11)3-2-6-12/h4-5H,13H2,1H3. The molecule has 0 aliphatic carbocycles. The van der Waals surface area contributed by atoms with Crippen LogP contribution in [0.5, 0.6) is 0 Å². The second-order valence-electron chi connectivity index (χ2n) is 2.50. The zero-order valence-corrected chi connectivity index (χ0v) is 7.81. The molecule has 1 aromatic carbocycles. The van der Waals surface area contributed by atoms with Crippen LogP contribution in [0.3, 0.4) is 0 Å². The maximum Gasteiger partial charge on any atom is 0.152 e. The van der Waals surface area contributed by atoms with Crippen LogP contribution in [0.15, 0.2) is 12.1 Å². The highest BCUT2D eigenvalue weighted by Gasteiger charge is 2.03. The summed E-state index contributed by atoms with van der Waals surface area (Å²) in [5.41, 5.74) is 7.68. The van der Waals surface area contributed by atoms with E-state index in [1.807, 2.05) is 6.92 Å². The fraction of sp³-hybridized carbons (Fsp3) is 0.100. The van der Waals surface area contributed by atoms with Crippen molar-refractivity contribution in [2.45, 2.75) is 6.92 Å². The van der Waals surface area contributed by atoms with E-state index in [9.17, 15) is 0 Å². The summed E-state index contributed by atoms with van der Waals surface area (Å²) in [6, 6.07) is 5.15. The minimum Gasteiger partial charge on any atom is -0.398 e. The summed E-state index contributed by atoms with van der Waals surface area (Å²) in [5, 5.41) is 8.77. The van der Waals surface area contributed by atoms with Gasteiger partial charge in [0.2, 0.25) is 0 Å². The van der Waals surface area contributed by atoms with Gasteiger partial charge in [-0.15, -0.1) is 0 Å². The second-order valence-corrected chi connectivity index (χ2v) is 2.88. The Morgan fingerprint density at radius 3 is 2.77 bits per heavy atom. The van der Waals surface area contributed by atoms with Crippen LogP contribution in [0, 0.1) is 30.1 Å². The van der Waals surface area contributed by atoms with Gasteiger partial charge in [0.25, 0.3) is 0 Å². The molecule has 0 radical (unpaired) electrons. The molecule has 13 heavy (non-hydrogen) atoms. The first kappa shape index (κ1) is 9.45. The first-order valence-corrected chi connectivity index (χ1v) is 3.99. The van der Waals surface area contributed by atoms with Gasteiger partial charge in [-0.05, 0) is 30.5 Å². The van der Waals surface area contributed by atoms with Gasteiger partial charge in [-0.25, -0.2) is 0 Å². The molecule has 2 nitrogen and oxygen atoms in total. The average molecular weight is 191 g/mol.